The van der Waals surface area contributed by atoms with Gasteiger partial charge in [0.2, 0.25) is 0 Å². The highest BCUT2D eigenvalue weighted by Crippen LogP contribution is 2.39. The number of hydrogen-bond acceptors (Lipinski definition) is 3. The minimum atomic E-state index is -0.633. The summed E-state index contributed by atoms with van der Waals surface area (Å²) < 4.78 is 5.62. The van der Waals surface area contributed by atoms with Crippen molar-refractivity contribution in [2.45, 2.75) is 18.9 Å². The van der Waals surface area contributed by atoms with E-state index in [2.05, 4.69) is 4.98 Å². The third kappa shape index (κ3) is 1.99. The van der Waals surface area contributed by atoms with Crippen LogP contribution in [0.2, 0.25) is 5.02 Å². The van der Waals surface area contributed by atoms with Gasteiger partial charge in [-0.3, -0.25) is 4.98 Å². The largest absolute Gasteiger partial charge is 0.491 e. The zero-order valence-corrected chi connectivity index (χ0v) is 11.4. The lowest BCUT2D eigenvalue weighted by atomic mass is 9.82. The molecule has 19 heavy (non-hydrogen) atoms. The molecule has 2 heterocycles. The molecular weight excluding hydrogens is 260 g/mol. The van der Waals surface area contributed by atoms with Gasteiger partial charge < -0.3 is 10.5 Å². The molecule has 98 valence electrons. The van der Waals surface area contributed by atoms with E-state index in [1.807, 2.05) is 37.3 Å². The maximum atomic E-state index is 6.61. The summed E-state index contributed by atoms with van der Waals surface area (Å²) in [4.78, 5) is 4.41. The summed E-state index contributed by atoms with van der Waals surface area (Å²) in [6, 6.07) is 9.70. The Morgan fingerprint density at radius 2 is 2.21 bits per heavy atom. The molecule has 0 saturated carbocycles. The van der Waals surface area contributed by atoms with Gasteiger partial charge in [0.25, 0.3) is 0 Å². The zero-order chi connectivity index (χ0) is 13.5. The van der Waals surface area contributed by atoms with E-state index in [-0.39, 0.29) is 0 Å². The van der Waals surface area contributed by atoms with E-state index in [1.165, 1.54) is 0 Å². The molecule has 1 atom stereocenters. The van der Waals surface area contributed by atoms with Crippen molar-refractivity contribution < 1.29 is 4.74 Å². The molecule has 0 unspecified atom stereocenters. The lowest BCUT2D eigenvalue weighted by molar-refractivity contribution is 0.232. The van der Waals surface area contributed by atoms with Gasteiger partial charge in [-0.05, 0) is 36.2 Å². The first-order valence-corrected chi connectivity index (χ1v) is 6.63. The predicted molar refractivity (Wildman–Crippen MR) is 75.5 cm³/mol. The van der Waals surface area contributed by atoms with Crippen LogP contribution in [0.4, 0.5) is 0 Å². The van der Waals surface area contributed by atoms with Crippen molar-refractivity contribution in [1.82, 2.24) is 4.98 Å². The molecule has 3 rings (SSSR count). The quantitative estimate of drug-likeness (QED) is 0.870. The number of hydrogen-bond donors (Lipinski definition) is 1. The first-order chi connectivity index (χ1) is 9.11. The molecule has 0 bridgehead atoms. The average molecular weight is 275 g/mol. The first-order valence-electron chi connectivity index (χ1n) is 6.25. The molecule has 0 aliphatic carbocycles. The molecule has 1 aliphatic heterocycles. The zero-order valence-electron chi connectivity index (χ0n) is 10.7. The van der Waals surface area contributed by atoms with Crippen molar-refractivity contribution in [3.05, 3.63) is 58.4 Å². The van der Waals surface area contributed by atoms with Gasteiger partial charge in [-0.15, -0.1) is 0 Å². The number of nitrogens with zero attached hydrogens (tertiary/aromatic N) is 1. The van der Waals surface area contributed by atoms with Gasteiger partial charge in [0.15, 0.2) is 0 Å². The van der Waals surface area contributed by atoms with Crippen molar-refractivity contribution in [2.75, 3.05) is 6.61 Å². The normalized spacial score (nSPS) is 21.6. The third-order valence-corrected chi connectivity index (χ3v) is 4.04. The molecule has 4 heteroatoms. The number of nitrogens with two attached hydrogens (primary N) is 1. The van der Waals surface area contributed by atoms with Crippen LogP contribution < -0.4 is 10.5 Å². The summed E-state index contributed by atoms with van der Waals surface area (Å²) in [6.45, 7) is 2.56. The maximum Gasteiger partial charge on any atom is 0.143 e. The molecule has 0 fully saturated rings. The van der Waals surface area contributed by atoms with Gasteiger partial charge in [0.05, 0.1) is 12.1 Å². The Morgan fingerprint density at radius 1 is 1.37 bits per heavy atom. The molecule has 1 aliphatic rings. The highest BCUT2D eigenvalue weighted by atomic mass is 35.5. The van der Waals surface area contributed by atoms with Crippen molar-refractivity contribution in [1.29, 1.82) is 0 Å². The molecule has 1 aromatic carbocycles. The monoisotopic (exact) mass is 274 g/mol. The molecule has 0 saturated heterocycles. The highest BCUT2D eigenvalue weighted by Gasteiger charge is 2.37. The van der Waals surface area contributed by atoms with Crippen LogP contribution in [0, 0.1) is 6.92 Å². The minimum Gasteiger partial charge on any atom is -0.491 e. The fourth-order valence-electron chi connectivity index (χ4n) is 2.43. The fraction of sp³-hybridized carbons (Fsp3) is 0.267. The Kier molecular flexibility index (Phi) is 2.96. The Morgan fingerprint density at radius 3 is 3.00 bits per heavy atom. The van der Waals surface area contributed by atoms with Gasteiger partial charge in [0.1, 0.15) is 11.4 Å². The molecule has 2 N–H and O–H groups in total. The van der Waals surface area contributed by atoms with Crippen LogP contribution in [0.1, 0.15) is 23.2 Å². The van der Waals surface area contributed by atoms with E-state index in [1.54, 1.807) is 6.20 Å². The second-order valence-electron chi connectivity index (χ2n) is 4.88. The summed E-state index contributed by atoms with van der Waals surface area (Å²) in [5, 5.41) is 0.728. The lowest BCUT2D eigenvalue weighted by Gasteiger charge is -2.34. The van der Waals surface area contributed by atoms with Crippen molar-refractivity contribution >= 4 is 11.6 Å². The molecule has 0 radical (unpaired) electrons. The van der Waals surface area contributed by atoms with E-state index in [4.69, 9.17) is 22.1 Å². The van der Waals surface area contributed by atoms with Crippen molar-refractivity contribution in [3.8, 4) is 5.75 Å². The fourth-order valence-corrected chi connectivity index (χ4v) is 2.61. The Bertz CT molecular complexity index is 629. The summed E-state index contributed by atoms with van der Waals surface area (Å²) in [5.74, 6) is 0.757. The van der Waals surface area contributed by atoms with Crippen LogP contribution in [-0.4, -0.2) is 11.6 Å². The topological polar surface area (TPSA) is 48.1 Å². The second-order valence-corrected chi connectivity index (χ2v) is 5.29. The van der Waals surface area contributed by atoms with Crippen LogP contribution in [0.5, 0.6) is 5.75 Å². The van der Waals surface area contributed by atoms with E-state index < -0.39 is 5.54 Å². The molecule has 1 aromatic heterocycles. The number of halogens is 1. The second kappa shape index (κ2) is 4.51. The van der Waals surface area contributed by atoms with Gasteiger partial charge in [-0.1, -0.05) is 23.7 Å². The minimum absolute atomic E-state index is 0.584. The number of pyridine rings is 1. The standard InChI is InChI=1S/C15H15ClN2O/c1-10-4-5-11(9-12(10)16)15(17)6-8-19-13-3-2-7-18-14(13)15/h2-5,7,9H,6,8,17H2,1H3/t15-/m0/s1. The highest BCUT2D eigenvalue weighted by molar-refractivity contribution is 6.31. The third-order valence-electron chi connectivity index (χ3n) is 3.63. The predicted octanol–water partition coefficient (Wildman–Crippen LogP) is 3.03. The molecule has 0 amide bonds. The Labute approximate surface area is 117 Å². The number of rotatable bonds is 1. The van der Waals surface area contributed by atoms with Gasteiger partial charge in [-0.25, -0.2) is 0 Å². The molecule has 0 spiro atoms. The Hall–Kier alpha value is -1.58. The van der Waals surface area contributed by atoms with Gasteiger partial charge >= 0.3 is 0 Å². The molecule has 2 aromatic rings. The van der Waals surface area contributed by atoms with E-state index in [0.29, 0.717) is 13.0 Å². The number of benzene rings is 1. The van der Waals surface area contributed by atoms with Crippen LogP contribution in [0.15, 0.2) is 36.5 Å². The SMILES string of the molecule is Cc1ccc([C@@]2(N)CCOc3cccnc32)cc1Cl. The van der Waals surface area contributed by atoms with Crippen molar-refractivity contribution in [3.63, 3.8) is 0 Å². The smallest absolute Gasteiger partial charge is 0.143 e. The number of aromatic nitrogens is 1. The van der Waals surface area contributed by atoms with E-state index in [0.717, 1.165) is 27.6 Å². The van der Waals surface area contributed by atoms with E-state index in [9.17, 15) is 0 Å². The summed E-state index contributed by atoms with van der Waals surface area (Å²) >= 11 is 6.21. The van der Waals surface area contributed by atoms with Gasteiger partial charge in [-0.2, -0.15) is 0 Å². The molecule has 3 nitrogen and oxygen atoms in total. The van der Waals surface area contributed by atoms with Crippen LogP contribution in [-0.2, 0) is 5.54 Å². The summed E-state index contributed by atoms with van der Waals surface area (Å²) in [6.07, 6.45) is 2.43. The van der Waals surface area contributed by atoms with Crippen LogP contribution in [0.3, 0.4) is 0 Å². The number of fused-ring (bicyclic) bond motifs is 1. The average Bonchev–Trinajstić information content (AvgIpc) is 2.42. The van der Waals surface area contributed by atoms with Crippen LogP contribution in [0.25, 0.3) is 0 Å². The number of aryl methyl sites for hydroxylation is 1. The van der Waals surface area contributed by atoms with Crippen molar-refractivity contribution in [2.24, 2.45) is 5.73 Å². The summed E-state index contributed by atoms with van der Waals surface area (Å²) in [7, 11) is 0. The van der Waals surface area contributed by atoms with Crippen LogP contribution >= 0.6 is 11.6 Å². The maximum absolute atomic E-state index is 6.61. The molecular formula is C15H15ClN2O. The summed E-state index contributed by atoms with van der Waals surface area (Å²) in [5.41, 5.74) is 8.78. The van der Waals surface area contributed by atoms with E-state index >= 15 is 0 Å². The Balaban J connectivity index is 2.16. The first kappa shape index (κ1) is 12.5. The lowest BCUT2D eigenvalue weighted by Crippen LogP contribution is -2.43. The van der Waals surface area contributed by atoms with Gasteiger partial charge in [0, 0.05) is 17.6 Å². The number of ether oxygens (including phenoxy) is 1.